The van der Waals surface area contributed by atoms with Crippen LogP contribution in [0.1, 0.15) is 19.8 Å². The van der Waals surface area contributed by atoms with Crippen LogP contribution in [-0.2, 0) is 9.53 Å². The Bertz CT molecular complexity index is 170. The van der Waals surface area contributed by atoms with Gasteiger partial charge in [0.2, 0.25) is 0 Å². The third-order valence-electron chi connectivity index (χ3n) is 1.22. The molecule has 0 spiro atoms. The second-order valence-corrected chi connectivity index (χ2v) is 3.74. The van der Waals surface area contributed by atoms with Crippen molar-refractivity contribution >= 4 is 17.7 Å². The molecule has 0 saturated heterocycles. The number of alkyl halides is 3. The Morgan fingerprint density at radius 3 is 2.57 bits per heavy atom. The predicted molar refractivity (Wildman–Crippen MR) is 49.2 cm³/mol. The Morgan fingerprint density at radius 2 is 2.07 bits per heavy atom. The molecule has 0 aromatic rings. The minimum atomic E-state index is -4.14. The Labute approximate surface area is 85.2 Å². The molecule has 0 heterocycles. The summed E-state index contributed by atoms with van der Waals surface area (Å²) in [5.41, 5.74) is 0. The van der Waals surface area contributed by atoms with Crippen molar-refractivity contribution in [2.75, 3.05) is 18.1 Å². The average molecular weight is 230 g/mol. The van der Waals surface area contributed by atoms with Crippen molar-refractivity contribution in [2.45, 2.75) is 25.9 Å². The maximum Gasteiger partial charge on any atom is 0.389 e. The van der Waals surface area contributed by atoms with Gasteiger partial charge in [0.25, 0.3) is 0 Å². The van der Waals surface area contributed by atoms with E-state index in [0.29, 0.717) is 6.61 Å². The van der Waals surface area contributed by atoms with Crippen LogP contribution >= 0.6 is 11.8 Å². The normalized spacial score (nSPS) is 11.4. The SMILES string of the molecule is CCCOC(=O)CSCCC(F)(F)F. The van der Waals surface area contributed by atoms with Gasteiger partial charge in [-0.15, -0.1) is 11.8 Å². The minimum Gasteiger partial charge on any atom is -0.465 e. The van der Waals surface area contributed by atoms with Crippen LogP contribution in [0.15, 0.2) is 0 Å². The first kappa shape index (κ1) is 13.6. The number of hydrogen-bond acceptors (Lipinski definition) is 3. The van der Waals surface area contributed by atoms with Crippen molar-refractivity contribution in [2.24, 2.45) is 0 Å². The maximum atomic E-state index is 11.7. The van der Waals surface area contributed by atoms with Crippen molar-refractivity contribution in [1.29, 1.82) is 0 Å². The highest BCUT2D eigenvalue weighted by Gasteiger charge is 2.26. The Kier molecular flexibility index (Phi) is 6.78. The summed E-state index contributed by atoms with van der Waals surface area (Å²) in [6, 6.07) is 0. The lowest BCUT2D eigenvalue weighted by Gasteiger charge is -2.05. The summed E-state index contributed by atoms with van der Waals surface area (Å²) < 4.78 is 39.6. The van der Waals surface area contributed by atoms with E-state index < -0.39 is 18.6 Å². The van der Waals surface area contributed by atoms with E-state index in [1.165, 1.54) is 0 Å². The van der Waals surface area contributed by atoms with Crippen molar-refractivity contribution in [1.82, 2.24) is 0 Å². The molecule has 0 atom stereocenters. The number of rotatable bonds is 6. The zero-order valence-electron chi connectivity index (χ0n) is 7.89. The van der Waals surface area contributed by atoms with Crippen molar-refractivity contribution < 1.29 is 22.7 Å². The highest BCUT2D eigenvalue weighted by Crippen LogP contribution is 2.21. The number of carbonyl (C=O) groups excluding carboxylic acids is 1. The fourth-order valence-corrected chi connectivity index (χ4v) is 1.37. The molecule has 0 aromatic heterocycles. The fourth-order valence-electron chi connectivity index (χ4n) is 0.601. The lowest BCUT2D eigenvalue weighted by Crippen LogP contribution is -2.11. The van der Waals surface area contributed by atoms with Crippen molar-refractivity contribution in [3.05, 3.63) is 0 Å². The molecule has 0 radical (unpaired) electrons. The molecule has 0 bridgehead atoms. The molecule has 0 unspecified atom stereocenters. The first-order chi connectivity index (χ1) is 6.45. The molecular formula is C8H13F3O2S. The summed E-state index contributed by atoms with van der Waals surface area (Å²) in [5.74, 6) is -0.542. The lowest BCUT2D eigenvalue weighted by molar-refractivity contribution is -0.140. The summed E-state index contributed by atoms with van der Waals surface area (Å²) in [6.45, 7) is 2.18. The van der Waals surface area contributed by atoms with Crippen molar-refractivity contribution in [3.8, 4) is 0 Å². The van der Waals surface area contributed by atoms with E-state index in [9.17, 15) is 18.0 Å². The molecule has 0 aliphatic heterocycles. The molecule has 0 saturated carbocycles. The zero-order valence-corrected chi connectivity index (χ0v) is 8.71. The molecule has 0 aliphatic carbocycles. The van der Waals surface area contributed by atoms with Gasteiger partial charge in [0.05, 0.1) is 18.8 Å². The van der Waals surface area contributed by atoms with Gasteiger partial charge in [-0.1, -0.05) is 6.92 Å². The third-order valence-corrected chi connectivity index (χ3v) is 2.15. The topological polar surface area (TPSA) is 26.3 Å². The van der Waals surface area contributed by atoms with Crippen LogP contribution in [0.3, 0.4) is 0 Å². The zero-order chi connectivity index (χ0) is 11.0. The summed E-state index contributed by atoms with van der Waals surface area (Å²) in [6.07, 6.45) is -4.28. The lowest BCUT2D eigenvalue weighted by atomic mass is 10.5. The summed E-state index contributed by atoms with van der Waals surface area (Å²) in [4.78, 5) is 10.8. The molecule has 6 heteroatoms. The molecular weight excluding hydrogens is 217 g/mol. The summed E-state index contributed by atoms with van der Waals surface area (Å²) in [7, 11) is 0. The predicted octanol–water partition coefficient (Wildman–Crippen LogP) is 2.63. The Balaban J connectivity index is 3.32. The maximum absolute atomic E-state index is 11.7. The number of carbonyl (C=O) groups is 1. The van der Waals surface area contributed by atoms with Crippen LogP contribution in [0.25, 0.3) is 0 Å². The molecule has 14 heavy (non-hydrogen) atoms. The van der Waals surface area contributed by atoms with E-state index in [1.54, 1.807) is 0 Å². The first-order valence-corrected chi connectivity index (χ1v) is 5.41. The minimum absolute atomic E-state index is 0.00389. The van der Waals surface area contributed by atoms with E-state index in [-0.39, 0.29) is 11.5 Å². The molecule has 84 valence electrons. The second kappa shape index (κ2) is 6.98. The standard InChI is InChI=1S/C8H13F3O2S/c1-2-4-13-7(12)6-14-5-3-8(9,10)11/h2-6H2,1H3. The quantitative estimate of drug-likeness (QED) is 0.518. The fraction of sp³-hybridized carbons (Fsp3) is 0.875. The van der Waals surface area contributed by atoms with Crippen LogP contribution in [0, 0.1) is 0 Å². The largest absolute Gasteiger partial charge is 0.465 e. The van der Waals surface area contributed by atoms with Crippen LogP contribution in [0.5, 0.6) is 0 Å². The molecule has 0 aliphatic rings. The number of hydrogen-bond donors (Lipinski definition) is 0. The Hall–Kier alpha value is -0.390. The van der Waals surface area contributed by atoms with Gasteiger partial charge in [-0.05, 0) is 6.42 Å². The van der Waals surface area contributed by atoms with Crippen molar-refractivity contribution in [3.63, 3.8) is 0 Å². The number of halogens is 3. The van der Waals surface area contributed by atoms with Gasteiger partial charge in [-0.3, -0.25) is 4.79 Å². The van der Waals surface area contributed by atoms with E-state index in [1.807, 2.05) is 6.92 Å². The second-order valence-electron chi connectivity index (χ2n) is 2.64. The van der Waals surface area contributed by atoms with Gasteiger partial charge in [0, 0.05) is 5.75 Å². The van der Waals surface area contributed by atoms with E-state index in [4.69, 9.17) is 0 Å². The van der Waals surface area contributed by atoms with Crippen LogP contribution in [0.4, 0.5) is 13.2 Å². The van der Waals surface area contributed by atoms with E-state index in [2.05, 4.69) is 4.74 Å². The smallest absolute Gasteiger partial charge is 0.389 e. The van der Waals surface area contributed by atoms with Gasteiger partial charge in [0.1, 0.15) is 0 Å². The number of thioether (sulfide) groups is 1. The van der Waals surface area contributed by atoms with Gasteiger partial charge < -0.3 is 4.74 Å². The van der Waals surface area contributed by atoms with Gasteiger partial charge in [0.15, 0.2) is 0 Å². The van der Waals surface area contributed by atoms with E-state index in [0.717, 1.165) is 18.2 Å². The molecule has 0 N–H and O–H groups in total. The summed E-state index contributed by atoms with van der Waals surface area (Å²) in [5, 5.41) is 0. The van der Waals surface area contributed by atoms with Gasteiger partial charge >= 0.3 is 12.1 Å². The number of esters is 1. The third kappa shape index (κ3) is 9.70. The number of ether oxygens (including phenoxy) is 1. The van der Waals surface area contributed by atoms with Crippen LogP contribution in [0.2, 0.25) is 0 Å². The molecule has 0 fully saturated rings. The van der Waals surface area contributed by atoms with Gasteiger partial charge in [-0.2, -0.15) is 13.2 Å². The molecule has 0 amide bonds. The van der Waals surface area contributed by atoms with E-state index >= 15 is 0 Å². The van der Waals surface area contributed by atoms with Crippen LogP contribution < -0.4 is 0 Å². The monoisotopic (exact) mass is 230 g/mol. The molecule has 0 rings (SSSR count). The highest BCUT2D eigenvalue weighted by atomic mass is 32.2. The molecule has 0 aromatic carbocycles. The van der Waals surface area contributed by atoms with Crippen LogP contribution in [-0.4, -0.2) is 30.3 Å². The Morgan fingerprint density at radius 1 is 1.43 bits per heavy atom. The van der Waals surface area contributed by atoms with Gasteiger partial charge in [-0.25, -0.2) is 0 Å². The highest BCUT2D eigenvalue weighted by molar-refractivity contribution is 7.99. The average Bonchev–Trinajstić information content (AvgIpc) is 2.07. The molecule has 2 nitrogen and oxygen atoms in total. The first-order valence-electron chi connectivity index (χ1n) is 4.26. The summed E-state index contributed by atoms with van der Waals surface area (Å²) >= 11 is 0.944.